The molecule has 5 nitrogen and oxygen atoms in total. The number of pyridine rings is 2. The minimum Gasteiger partial charge on any atom is -0.295 e. The summed E-state index contributed by atoms with van der Waals surface area (Å²) in [4.78, 5) is 16.2. The average Bonchev–Trinajstić information content (AvgIpc) is 4.00. The van der Waals surface area contributed by atoms with E-state index in [2.05, 4.69) is 188 Å². The first-order valence-corrected chi connectivity index (χ1v) is 19.8. The van der Waals surface area contributed by atoms with Gasteiger partial charge in [0.25, 0.3) is 0 Å². The highest BCUT2D eigenvalue weighted by atomic mass is 32.1. The minimum atomic E-state index is 0.958. The van der Waals surface area contributed by atoms with Crippen molar-refractivity contribution in [1.29, 1.82) is 0 Å². The summed E-state index contributed by atoms with van der Waals surface area (Å²) in [5.74, 6) is 1.94. The van der Waals surface area contributed by atoms with Gasteiger partial charge in [-0.05, 0) is 119 Å². The maximum atomic E-state index is 4.57. The highest BCUT2D eigenvalue weighted by molar-refractivity contribution is 7.22. The van der Waals surface area contributed by atoms with E-state index >= 15 is 0 Å². The van der Waals surface area contributed by atoms with Crippen LogP contribution in [-0.4, -0.2) is 14.5 Å². The van der Waals surface area contributed by atoms with E-state index < -0.39 is 0 Å². The highest BCUT2D eigenvalue weighted by Gasteiger charge is 2.25. The lowest BCUT2D eigenvalue weighted by Gasteiger charge is -2.30. The number of benzene rings is 5. The fourth-order valence-electron chi connectivity index (χ4n) is 7.20. The molecule has 262 valence electrons. The van der Waals surface area contributed by atoms with Crippen LogP contribution in [0.1, 0.15) is 0 Å². The molecule has 0 saturated heterocycles. The van der Waals surface area contributed by atoms with Gasteiger partial charge in [-0.2, -0.15) is 0 Å². The second-order valence-corrected chi connectivity index (χ2v) is 15.4. The first-order chi connectivity index (χ1) is 27.3. The number of hydrogen-bond acceptors (Lipinski definition) is 6. The van der Waals surface area contributed by atoms with Gasteiger partial charge in [-0.3, -0.25) is 24.3 Å². The quantitative estimate of drug-likeness (QED) is 0.148. The molecule has 10 aromatic rings. The van der Waals surface area contributed by atoms with Gasteiger partial charge in [-0.25, -0.2) is 0 Å². The van der Waals surface area contributed by atoms with Gasteiger partial charge < -0.3 is 0 Å². The van der Waals surface area contributed by atoms with Crippen molar-refractivity contribution in [2.24, 2.45) is 0 Å². The summed E-state index contributed by atoms with van der Waals surface area (Å²) in [5, 5.41) is 2.54. The Labute approximate surface area is 327 Å². The van der Waals surface area contributed by atoms with Crippen LogP contribution in [0, 0.1) is 0 Å². The number of anilines is 6. The normalized spacial score (nSPS) is 11.3. The predicted molar refractivity (Wildman–Crippen MR) is 232 cm³/mol. The molecule has 10 rings (SSSR count). The number of aromatic nitrogens is 3. The van der Waals surface area contributed by atoms with Crippen LogP contribution in [0.5, 0.6) is 0 Å². The Morgan fingerprint density at radius 1 is 0.400 bits per heavy atom. The molecule has 0 aliphatic rings. The van der Waals surface area contributed by atoms with Crippen molar-refractivity contribution in [3.05, 3.63) is 201 Å². The topological polar surface area (TPSA) is 37.2 Å². The molecular weight excluding hydrogens is 711 g/mol. The largest absolute Gasteiger partial charge is 0.295 e. The zero-order valence-electron chi connectivity index (χ0n) is 29.6. The first kappa shape index (κ1) is 32.8. The maximum absolute atomic E-state index is 4.57. The molecule has 5 aromatic heterocycles. The third-order valence-corrected chi connectivity index (χ3v) is 12.1. The van der Waals surface area contributed by atoms with Crippen molar-refractivity contribution in [2.45, 2.75) is 0 Å². The molecule has 5 heterocycles. The SMILES string of the molecule is c1ccc(-n2c(N(c3ccc(-c4cc5ccccc5s4)cc3)c3cccnc3)ccc2N(c2ccc(-c3cc4ccccc4s3)cc2)c2cccnc2)cc1. The standard InChI is InChI=1S/C48H33N5S2/c1-2-12-38(13-3-1)53-47(51(41-14-8-28-49-32-41)39-22-18-34(19-23-39)45-30-36-10-4-6-16-43(36)54-45)26-27-48(53)52(42-15-9-29-50-33-42)40-24-20-35(21-25-40)46-31-37-11-5-7-17-44(37)55-46/h1-33H. The lowest BCUT2D eigenvalue weighted by Crippen LogP contribution is -2.18. The van der Waals surface area contributed by atoms with Gasteiger partial charge in [0.2, 0.25) is 0 Å². The summed E-state index contributed by atoms with van der Waals surface area (Å²) in [6.45, 7) is 0. The Hall–Kier alpha value is -6.80. The van der Waals surface area contributed by atoms with Crippen LogP contribution in [0.4, 0.5) is 34.4 Å². The van der Waals surface area contributed by atoms with Gasteiger partial charge in [0, 0.05) is 48.6 Å². The Kier molecular flexibility index (Phi) is 8.48. The molecular formula is C48H33N5S2. The second kappa shape index (κ2) is 14.2. The van der Waals surface area contributed by atoms with Crippen molar-refractivity contribution in [1.82, 2.24) is 14.5 Å². The molecule has 0 N–H and O–H groups in total. The lowest BCUT2D eigenvalue weighted by molar-refractivity contribution is 1.01. The number of hydrogen-bond donors (Lipinski definition) is 0. The molecule has 0 atom stereocenters. The van der Waals surface area contributed by atoms with Crippen LogP contribution in [0.15, 0.2) is 201 Å². The summed E-state index contributed by atoms with van der Waals surface area (Å²) in [7, 11) is 0. The minimum absolute atomic E-state index is 0.958. The van der Waals surface area contributed by atoms with Crippen LogP contribution in [0.25, 0.3) is 46.7 Å². The lowest BCUT2D eigenvalue weighted by atomic mass is 10.1. The zero-order chi connectivity index (χ0) is 36.6. The predicted octanol–water partition coefficient (Wildman–Crippen LogP) is 14.0. The molecule has 0 amide bonds. The van der Waals surface area contributed by atoms with E-state index in [1.807, 2.05) is 59.6 Å². The Morgan fingerprint density at radius 2 is 0.855 bits per heavy atom. The van der Waals surface area contributed by atoms with Gasteiger partial charge >= 0.3 is 0 Å². The fourth-order valence-corrected chi connectivity index (χ4v) is 9.34. The third kappa shape index (κ3) is 6.25. The van der Waals surface area contributed by atoms with Gasteiger partial charge in [-0.15, -0.1) is 22.7 Å². The summed E-state index contributed by atoms with van der Waals surface area (Å²) in [6, 6.07) is 62.6. The van der Waals surface area contributed by atoms with Crippen LogP contribution in [0.3, 0.4) is 0 Å². The van der Waals surface area contributed by atoms with E-state index in [0.29, 0.717) is 0 Å². The number of rotatable bonds is 9. The molecule has 7 heteroatoms. The van der Waals surface area contributed by atoms with Gasteiger partial charge in [0.15, 0.2) is 0 Å². The molecule has 0 radical (unpaired) electrons. The van der Waals surface area contributed by atoms with Crippen LogP contribution in [0.2, 0.25) is 0 Å². The third-order valence-electron chi connectivity index (χ3n) is 9.79. The van der Waals surface area contributed by atoms with Crippen LogP contribution in [-0.2, 0) is 0 Å². The van der Waals surface area contributed by atoms with Crippen molar-refractivity contribution in [2.75, 3.05) is 9.80 Å². The number of nitrogens with zero attached hydrogens (tertiary/aromatic N) is 5. The van der Waals surface area contributed by atoms with E-state index in [1.165, 1.54) is 41.1 Å². The number of thiophene rings is 2. The van der Waals surface area contributed by atoms with Gasteiger partial charge in [0.05, 0.1) is 23.8 Å². The Morgan fingerprint density at radius 3 is 1.29 bits per heavy atom. The van der Waals surface area contributed by atoms with Gasteiger partial charge in [0.1, 0.15) is 11.6 Å². The van der Waals surface area contributed by atoms with Crippen LogP contribution >= 0.6 is 22.7 Å². The molecule has 0 fully saturated rings. The molecule has 0 aliphatic heterocycles. The van der Waals surface area contributed by atoms with Crippen molar-refractivity contribution < 1.29 is 0 Å². The van der Waals surface area contributed by atoms with Crippen LogP contribution < -0.4 is 9.80 Å². The smallest absolute Gasteiger partial charge is 0.124 e. The average molecular weight is 744 g/mol. The maximum Gasteiger partial charge on any atom is 0.124 e. The van der Waals surface area contributed by atoms with Crippen molar-refractivity contribution in [3.63, 3.8) is 0 Å². The highest BCUT2D eigenvalue weighted by Crippen LogP contribution is 2.45. The van der Waals surface area contributed by atoms with E-state index in [1.54, 1.807) is 0 Å². The zero-order valence-corrected chi connectivity index (χ0v) is 31.2. The number of para-hydroxylation sites is 1. The molecule has 0 saturated carbocycles. The second-order valence-electron chi connectivity index (χ2n) is 13.2. The molecule has 55 heavy (non-hydrogen) atoms. The molecule has 5 aromatic carbocycles. The van der Waals surface area contributed by atoms with Crippen molar-refractivity contribution in [3.8, 4) is 26.6 Å². The van der Waals surface area contributed by atoms with Gasteiger partial charge in [-0.1, -0.05) is 78.9 Å². The summed E-state index contributed by atoms with van der Waals surface area (Å²) >= 11 is 3.64. The van der Waals surface area contributed by atoms with E-state index in [9.17, 15) is 0 Å². The van der Waals surface area contributed by atoms with Crippen molar-refractivity contribution >= 4 is 77.2 Å². The first-order valence-electron chi connectivity index (χ1n) is 18.1. The number of fused-ring (bicyclic) bond motifs is 2. The van der Waals surface area contributed by atoms with E-state index in [0.717, 1.165) is 40.1 Å². The van der Waals surface area contributed by atoms with E-state index in [4.69, 9.17) is 0 Å². The molecule has 0 spiro atoms. The summed E-state index contributed by atoms with van der Waals surface area (Å²) in [6.07, 6.45) is 7.49. The molecule has 0 aliphatic carbocycles. The summed E-state index contributed by atoms with van der Waals surface area (Å²) in [5.41, 5.74) is 7.39. The fraction of sp³-hybridized carbons (Fsp3) is 0. The monoisotopic (exact) mass is 743 g/mol. The van der Waals surface area contributed by atoms with E-state index in [-0.39, 0.29) is 0 Å². The Balaban J connectivity index is 1.11. The molecule has 0 bridgehead atoms. The Bertz CT molecular complexity index is 2620. The summed E-state index contributed by atoms with van der Waals surface area (Å²) < 4.78 is 4.90. The molecule has 0 unspecified atom stereocenters.